The number of benzene rings is 2. The maximum absolute atomic E-state index is 12.9. The first-order valence-corrected chi connectivity index (χ1v) is 8.26. The van der Waals surface area contributed by atoms with E-state index < -0.39 is 11.8 Å². The van der Waals surface area contributed by atoms with E-state index in [2.05, 4.69) is 10.9 Å². The molecule has 0 saturated heterocycles. The van der Waals surface area contributed by atoms with Gasteiger partial charge in [-0.25, -0.2) is 4.39 Å². The van der Waals surface area contributed by atoms with Gasteiger partial charge in [-0.05, 0) is 49.7 Å². The van der Waals surface area contributed by atoms with E-state index in [1.165, 1.54) is 24.3 Å². The summed E-state index contributed by atoms with van der Waals surface area (Å²) in [4.78, 5) is 24.1. The van der Waals surface area contributed by atoms with Crippen LogP contribution in [0.25, 0.3) is 0 Å². The number of nitrogens with one attached hydrogen (secondary N) is 2. The van der Waals surface area contributed by atoms with Crippen LogP contribution >= 0.6 is 0 Å². The van der Waals surface area contributed by atoms with Crippen molar-refractivity contribution in [3.63, 3.8) is 0 Å². The quantitative estimate of drug-likeness (QED) is 0.744. The van der Waals surface area contributed by atoms with Crippen molar-refractivity contribution < 1.29 is 23.5 Å². The molecule has 0 spiro atoms. The summed E-state index contributed by atoms with van der Waals surface area (Å²) < 4.78 is 23.8. The maximum atomic E-state index is 12.9. The van der Waals surface area contributed by atoms with Crippen LogP contribution in [0, 0.1) is 5.82 Å². The Morgan fingerprint density at radius 1 is 0.923 bits per heavy atom. The minimum absolute atomic E-state index is 0.0219. The molecule has 2 rings (SSSR count). The van der Waals surface area contributed by atoms with Gasteiger partial charge >= 0.3 is 0 Å². The maximum Gasteiger partial charge on any atom is 0.269 e. The van der Waals surface area contributed by atoms with Crippen LogP contribution in [0.1, 0.15) is 29.8 Å². The summed E-state index contributed by atoms with van der Waals surface area (Å²) in [5.74, 6) is -0.267. The highest BCUT2D eigenvalue weighted by Crippen LogP contribution is 2.28. The molecule has 26 heavy (non-hydrogen) atoms. The first-order chi connectivity index (χ1) is 12.5. The van der Waals surface area contributed by atoms with Crippen LogP contribution in [0.4, 0.5) is 4.39 Å². The minimum atomic E-state index is -0.485. The molecular weight excluding hydrogens is 339 g/mol. The summed E-state index contributed by atoms with van der Waals surface area (Å²) in [6.07, 6.45) is 0.0219. The van der Waals surface area contributed by atoms with E-state index in [-0.39, 0.29) is 12.2 Å². The molecule has 2 amide bonds. The number of carbonyl (C=O) groups excluding carboxylic acids is 2. The van der Waals surface area contributed by atoms with Crippen molar-refractivity contribution in [3.05, 3.63) is 59.4 Å². The molecular formula is C19H21FN2O4. The molecule has 138 valence electrons. The average Bonchev–Trinajstić information content (AvgIpc) is 2.63. The molecule has 0 radical (unpaired) electrons. The number of carbonyl (C=O) groups is 2. The molecule has 0 fully saturated rings. The lowest BCUT2D eigenvalue weighted by atomic mass is 10.1. The third-order valence-electron chi connectivity index (χ3n) is 3.40. The minimum Gasteiger partial charge on any atom is -0.490 e. The van der Waals surface area contributed by atoms with Crippen LogP contribution in [0.15, 0.2) is 42.5 Å². The topological polar surface area (TPSA) is 76.7 Å². The highest BCUT2D eigenvalue weighted by Gasteiger charge is 2.12. The second-order valence-electron chi connectivity index (χ2n) is 5.33. The molecule has 7 heteroatoms. The highest BCUT2D eigenvalue weighted by molar-refractivity contribution is 5.96. The van der Waals surface area contributed by atoms with Crippen LogP contribution < -0.4 is 20.3 Å². The third-order valence-corrected chi connectivity index (χ3v) is 3.40. The van der Waals surface area contributed by atoms with E-state index >= 15 is 0 Å². The monoisotopic (exact) mass is 360 g/mol. The normalized spacial score (nSPS) is 10.1. The van der Waals surface area contributed by atoms with E-state index in [1.807, 2.05) is 13.8 Å². The van der Waals surface area contributed by atoms with Crippen LogP contribution in [0.2, 0.25) is 0 Å². The predicted octanol–water partition coefficient (Wildman–Crippen LogP) is 2.63. The lowest BCUT2D eigenvalue weighted by Gasteiger charge is -2.13. The van der Waals surface area contributed by atoms with Crippen molar-refractivity contribution in [3.8, 4) is 11.5 Å². The van der Waals surface area contributed by atoms with Gasteiger partial charge in [-0.15, -0.1) is 0 Å². The fourth-order valence-corrected chi connectivity index (χ4v) is 2.22. The van der Waals surface area contributed by atoms with Gasteiger partial charge in [-0.2, -0.15) is 0 Å². The SMILES string of the molecule is CCOc1ccc(C(=O)NNC(=O)Cc2ccc(F)cc2)cc1OCC. The lowest BCUT2D eigenvalue weighted by Crippen LogP contribution is -2.42. The second-order valence-corrected chi connectivity index (χ2v) is 5.33. The summed E-state index contributed by atoms with van der Waals surface area (Å²) in [7, 11) is 0. The van der Waals surface area contributed by atoms with Crippen LogP contribution in [0.3, 0.4) is 0 Å². The fraction of sp³-hybridized carbons (Fsp3) is 0.263. The number of hydrazine groups is 1. The Morgan fingerprint density at radius 3 is 2.23 bits per heavy atom. The Bertz CT molecular complexity index is 763. The summed E-state index contributed by atoms with van der Waals surface area (Å²) in [5.41, 5.74) is 5.63. The first-order valence-electron chi connectivity index (χ1n) is 8.26. The summed E-state index contributed by atoms with van der Waals surface area (Å²) in [5, 5.41) is 0. The molecule has 0 atom stereocenters. The van der Waals surface area contributed by atoms with Gasteiger partial charge in [-0.1, -0.05) is 12.1 Å². The fourth-order valence-electron chi connectivity index (χ4n) is 2.22. The number of rotatable bonds is 7. The number of hydrogen-bond acceptors (Lipinski definition) is 4. The second kappa shape index (κ2) is 9.41. The molecule has 0 aliphatic rings. The van der Waals surface area contributed by atoms with Crippen LogP contribution in [0.5, 0.6) is 11.5 Å². The average molecular weight is 360 g/mol. The Hall–Kier alpha value is -3.09. The molecule has 0 saturated carbocycles. The predicted molar refractivity (Wildman–Crippen MR) is 94.5 cm³/mol. The standard InChI is InChI=1S/C19H21FN2O4/c1-3-25-16-10-7-14(12-17(16)26-4-2)19(24)22-21-18(23)11-13-5-8-15(20)9-6-13/h5-10,12H,3-4,11H2,1-2H3,(H,21,23)(H,22,24). The molecule has 0 aliphatic heterocycles. The Morgan fingerprint density at radius 2 is 1.58 bits per heavy atom. The Kier molecular flexibility index (Phi) is 6.96. The molecule has 0 heterocycles. The van der Waals surface area contributed by atoms with Gasteiger partial charge < -0.3 is 9.47 Å². The van der Waals surface area contributed by atoms with Crippen LogP contribution in [-0.2, 0) is 11.2 Å². The highest BCUT2D eigenvalue weighted by atomic mass is 19.1. The van der Waals surface area contributed by atoms with Gasteiger partial charge in [0.15, 0.2) is 11.5 Å². The van der Waals surface area contributed by atoms with Gasteiger partial charge in [0, 0.05) is 5.56 Å². The zero-order valence-electron chi connectivity index (χ0n) is 14.7. The molecule has 2 aromatic carbocycles. The lowest BCUT2D eigenvalue weighted by molar-refractivity contribution is -0.121. The molecule has 0 bridgehead atoms. The van der Waals surface area contributed by atoms with E-state index in [1.54, 1.807) is 18.2 Å². The molecule has 6 nitrogen and oxygen atoms in total. The largest absolute Gasteiger partial charge is 0.490 e. The van der Waals surface area contributed by atoms with Gasteiger partial charge in [0.1, 0.15) is 5.82 Å². The number of halogens is 1. The van der Waals surface area contributed by atoms with Crippen molar-refractivity contribution >= 4 is 11.8 Å². The molecule has 0 unspecified atom stereocenters. The Balaban J connectivity index is 1.95. The van der Waals surface area contributed by atoms with Gasteiger partial charge in [0.25, 0.3) is 5.91 Å². The summed E-state index contributed by atoms with van der Waals surface area (Å²) in [6.45, 7) is 4.59. The van der Waals surface area contributed by atoms with Crippen molar-refractivity contribution in [2.45, 2.75) is 20.3 Å². The van der Waals surface area contributed by atoms with Gasteiger partial charge in [0.05, 0.1) is 19.6 Å². The van der Waals surface area contributed by atoms with Gasteiger partial charge in [-0.3, -0.25) is 20.4 Å². The first kappa shape index (κ1) is 19.2. The van der Waals surface area contributed by atoms with E-state index in [0.717, 1.165) is 0 Å². The zero-order chi connectivity index (χ0) is 18.9. The van der Waals surface area contributed by atoms with Crippen molar-refractivity contribution in [1.82, 2.24) is 10.9 Å². The van der Waals surface area contributed by atoms with Crippen LogP contribution in [-0.4, -0.2) is 25.0 Å². The summed E-state index contributed by atoms with van der Waals surface area (Å²) in [6, 6.07) is 10.3. The zero-order valence-corrected chi connectivity index (χ0v) is 14.7. The van der Waals surface area contributed by atoms with E-state index in [9.17, 15) is 14.0 Å². The third kappa shape index (κ3) is 5.47. The van der Waals surface area contributed by atoms with E-state index in [4.69, 9.17) is 9.47 Å². The molecule has 0 aromatic heterocycles. The number of ether oxygens (including phenoxy) is 2. The van der Waals surface area contributed by atoms with Crippen molar-refractivity contribution in [2.75, 3.05) is 13.2 Å². The Labute approximate surface area is 151 Å². The van der Waals surface area contributed by atoms with Crippen molar-refractivity contribution in [1.29, 1.82) is 0 Å². The van der Waals surface area contributed by atoms with Crippen molar-refractivity contribution in [2.24, 2.45) is 0 Å². The molecule has 2 aromatic rings. The van der Waals surface area contributed by atoms with E-state index in [0.29, 0.717) is 35.8 Å². The number of amides is 2. The summed E-state index contributed by atoms with van der Waals surface area (Å²) >= 11 is 0. The molecule has 2 N–H and O–H groups in total. The molecule has 0 aliphatic carbocycles. The van der Waals surface area contributed by atoms with Gasteiger partial charge in [0.2, 0.25) is 5.91 Å². The number of hydrogen-bond donors (Lipinski definition) is 2. The smallest absolute Gasteiger partial charge is 0.269 e.